The zero-order valence-electron chi connectivity index (χ0n) is 35.0. The average molecular weight is 884 g/mol. The van der Waals surface area contributed by atoms with Gasteiger partial charge in [-0.2, -0.15) is 0 Å². The molecule has 4 bridgehead atoms. The number of allylic oxidation sites excluding steroid dienone is 3. The second kappa shape index (κ2) is 21.0. The smallest absolute Gasteiger partial charge is 0.409 e. The molecule has 328 valence electrons. The molecule has 3 heterocycles. The summed E-state index contributed by atoms with van der Waals surface area (Å²) in [6, 6.07) is 2.46. The van der Waals surface area contributed by atoms with Crippen molar-refractivity contribution in [1.29, 1.82) is 0 Å². The Kier molecular flexibility index (Phi) is 17.2. The third-order valence-corrected chi connectivity index (χ3v) is 14.8. The molecule has 18 heteroatoms. The number of aliphatic hydroxyl groups excluding tert-OH is 2. The standard InChI is InChI=1S/C41H59ClN4O11S2/c1-23-10-9-11-29(22-48)41(54)20-31(55-39(53)44-41)25(3)37-40(5,57-37)32(19-35(51)46(8)30-18-27(16-23)17-28(21-47)36(30)42)56-38(52)26(4)45(7)34(50)14-15-58-59-24(2)12-13-33(49)43-6/h9-11,17-18,24-26,29,31-32,37,47-48,54H,12-16,19-22H2,1-8H3,(H,43,49)(H,44,53)/b11-9+,23-10+/t24?,25-,26+,29+,31+,32+,37?,40+,41+/m1/s1. The van der Waals surface area contributed by atoms with Crippen LogP contribution < -0.4 is 15.5 Å². The van der Waals surface area contributed by atoms with Gasteiger partial charge in [-0.05, 0) is 50.8 Å². The van der Waals surface area contributed by atoms with E-state index in [9.17, 15) is 39.3 Å². The second-order valence-corrected chi connectivity index (χ2v) is 19.1. The van der Waals surface area contributed by atoms with Crippen LogP contribution in [0.15, 0.2) is 35.9 Å². The van der Waals surface area contributed by atoms with Crippen LogP contribution in [-0.4, -0.2) is 124 Å². The molecule has 3 aliphatic rings. The number of hydrogen-bond acceptors (Lipinski definition) is 13. The first-order chi connectivity index (χ1) is 27.8. The zero-order valence-corrected chi connectivity index (χ0v) is 37.4. The zero-order chi connectivity index (χ0) is 43.8. The van der Waals surface area contributed by atoms with Crippen LogP contribution >= 0.6 is 33.2 Å². The van der Waals surface area contributed by atoms with Crippen LogP contribution in [0.4, 0.5) is 10.5 Å². The van der Waals surface area contributed by atoms with Crippen molar-refractivity contribution >= 4 is 68.7 Å². The van der Waals surface area contributed by atoms with Crippen LogP contribution in [0.25, 0.3) is 0 Å². The highest BCUT2D eigenvalue weighted by Crippen LogP contribution is 2.49. The van der Waals surface area contributed by atoms with Crippen LogP contribution in [0.3, 0.4) is 0 Å². The van der Waals surface area contributed by atoms with Crippen molar-refractivity contribution in [2.75, 3.05) is 38.4 Å². The fourth-order valence-electron chi connectivity index (χ4n) is 7.28. The van der Waals surface area contributed by atoms with Gasteiger partial charge in [-0.25, -0.2) is 9.59 Å². The van der Waals surface area contributed by atoms with E-state index in [0.29, 0.717) is 36.3 Å². The number of ether oxygens (including phenoxy) is 3. The molecule has 0 spiro atoms. The third-order valence-electron chi connectivity index (χ3n) is 11.4. The van der Waals surface area contributed by atoms with Crippen LogP contribution in [-0.2, 0) is 46.4 Å². The highest BCUT2D eigenvalue weighted by Gasteiger charge is 2.64. The number of epoxide rings is 1. The maximum Gasteiger partial charge on any atom is 0.409 e. The molecule has 5 N–H and O–H groups in total. The summed E-state index contributed by atoms with van der Waals surface area (Å²) < 4.78 is 18.0. The molecule has 2 saturated heterocycles. The number of anilines is 1. The molecule has 0 radical (unpaired) electrons. The Morgan fingerprint density at radius 3 is 2.58 bits per heavy atom. The molecular formula is C41H59ClN4O11S2. The Labute approximate surface area is 359 Å². The normalized spacial score (nSPS) is 29.7. The summed E-state index contributed by atoms with van der Waals surface area (Å²) in [4.78, 5) is 68.4. The SMILES string of the molecule is CNC(=O)CCC(C)SSCCC(=O)N(C)[C@@H](C)C(=O)O[C@H]1CC(=O)N(C)c2cc(cc(CO)c2Cl)C/C(C)=C/C=C/[C@@H](CO)[C@@]2(O)C[C@H](OC(=O)N2)[C@@H](C)C2O[C@]21C. The summed E-state index contributed by atoms with van der Waals surface area (Å²) in [6.45, 7) is 8.01. The van der Waals surface area contributed by atoms with E-state index in [1.165, 1.54) is 41.6 Å². The summed E-state index contributed by atoms with van der Waals surface area (Å²) in [7, 11) is 7.75. The van der Waals surface area contributed by atoms with Crippen LogP contribution in [0.5, 0.6) is 0 Å². The van der Waals surface area contributed by atoms with E-state index < -0.39 is 72.1 Å². The molecule has 4 amide bonds. The van der Waals surface area contributed by atoms with Crippen molar-refractivity contribution in [2.24, 2.45) is 11.8 Å². The molecule has 2 fully saturated rings. The van der Waals surface area contributed by atoms with Gasteiger partial charge in [0.05, 0.1) is 36.4 Å². The quantitative estimate of drug-likeness (QED) is 0.0813. The van der Waals surface area contributed by atoms with Crippen molar-refractivity contribution in [1.82, 2.24) is 15.5 Å². The van der Waals surface area contributed by atoms with E-state index >= 15 is 0 Å². The van der Waals surface area contributed by atoms with Crippen molar-refractivity contribution in [3.8, 4) is 0 Å². The molecule has 0 aliphatic carbocycles. The Hall–Kier alpha value is -3.32. The number of nitrogens with zero attached hydrogens (tertiary/aromatic N) is 2. The predicted molar refractivity (Wildman–Crippen MR) is 228 cm³/mol. The number of rotatable bonds is 13. The van der Waals surface area contributed by atoms with Crippen molar-refractivity contribution in [2.45, 2.75) is 121 Å². The molecule has 0 saturated carbocycles. The summed E-state index contributed by atoms with van der Waals surface area (Å²) >= 11 is 6.74. The number of hydrogen-bond donors (Lipinski definition) is 5. The van der Waals surface area contributed by atoms with Gasteiger partial charge >= 0.3 is 12.1 Å². The Morgan fingerprint density at radius 1 is 1.20 bits per heavy atom. The van der Waals surface area contributed by atoms with Gasteiger partial charge in [-0.15, -0.1) is 0 Å². The number of alkyl carbamates (subject to hydrolysis) is 1. The average Bonchev–Trinajstić information content (AvgIpc) is 3.90. The maximum atomic E-state index is 14.2. The maximum absolute atomic E-state index is 14.2. The molecule has 1 aromatic rings. The number of nitrogens with one attached hydrogen (secondary N) is 2. The van der Waals surface area contributed by atoms with Crippen molar-refractivity contribution < 1.29 is 53.5 Å². The molecule has 15 nitrogen and oxygen atoms in total. The van der Waals surface area contributed by atoms with Gasteiger partial charge in [-0.1, -0.05) is 76.9 Å². The van der Waals surface area contributed by atoms with Gasteiger partial charge in [0, 0.05) is 63.2 Å². The lowest BCUT2D eigenvalue weighted by Crippen LogP contribution is -2.62. The minimum atomic E-state index is -1.88. The summed E-state index contributed by atoms with van der Waals surface area (Å²) in [5.41, 5.74) is -0.798. The lowest BCUT2D eigenvalue weighted by molar-refractivity contribution is -0.161. The minimum absolute atomic E-state index is 0.0264. The van der Waals surface area contributed by atoms with E-state index in [4.69, 9.17) is 25.8 Å². The topological polar surface area (TPSA) is 208 Å². The number of carbonyl (C=O) groups is 5. The van der Waals surface area contributed by atoms with E-state index in [1.807, 2.05) is 13.8 Å². The third kappa shape index (κ3) is 12.2. The number of esters is 1. The number of amides is 4. The molecule has 4 rings (SSSR count). The Bertz CT molecular complexity index is 1780. The highest BCUT2D eigenvalue weighted by atomic mass is 35.5. The van der Waals surface area contributed by atoms with Crippen molar-refractivity contribution in [3.63, 3.8) is 0 Å². The Balaban J connectivity index is 1.61. The summed E-state index contributed by atoms with van der Waals surface area (Å²) in [5.74, 6) is -2.56. The van der Waals surface area contributed by atoms with E-state index in [0.717, 1.165) is 11.1 Å². The van der Waals surface area contributed by atoms with Crippen molar-refractivity contribution in [3.05, 3.63) is 52.1 Å². The molecule has 3 aliphatic heterocycles. The molecule has 1 aromatic carbocycles. The minimum Gasteiger partial charge on any atom is -0.457 e. The molecule has 0 aromatic heterocycles. The van der Waals surface area contributed by atoms with Gasteiger partial charge < -0.3 is 44.6 Å². The number of fused-ring (bicyclic) bond motifs is 5. The van der Waals surface area contributed by atoms with Gasteiger partial charge in [0.25, 0.3) is 0 Å². The van der Waals surface area contributed by atoms with Gasteiger partial charge in [0.2, 0.25) is 17.7 Å². The fourth-order valence-corrected chi connectivity index (χ4v) is 9.90. The van der Waals surface area contributed by atoms with Gasteiger partial charge in [0.15, 0.2) is 5.72 Å². The first kappa shape index (κ1) is 48.3. The number of likely N-dealkylation sites (N-methyl/N-ethyl adjacent to an activating group) is 1. The molecule has 59 heavy (non-hydrogen) atoms. The molecular weight excluding hydrogens is 824 g/mol. The number of carbonyl (C=O) groups excluding carboxylic acids is 5. The lowest BCUT2D eigenvalue weighted by atomic mass is 9.81. The van der Waals surface area contributed by atoms with Crippen LogP contribution in [0.1, 0.15) is 77.8 Å². The second-order valence-electron chi connectivity index (χ2n) is 15.8. The first-order valence-corrected chi connectivity index (χ1v) is 22.5. The molecule has 9 atom stereocenters. The Morgan fingerprint density at radius 2 is 1.92 bits per heavy atom. The lowest BCUT2D eigenvalue weighted by Gasteiger charge is -2.42. The monoisotopic (exact) mass is 882 g/mol. The van der Waals surface area contributed by atoms with Gasteiger partial charge in [-0.3, -0.25) is 19.7 Å². The summed E-state index contributed by atoms with van der Waals surface area (Å²) in [5, 5.41) is 37.7. The first-order valence-electron chi connectivity index (χ1n) is 19.8. The van der Waals surface area contributed by atoms with Crippen LogP contribution in [0.2, 0.25) is 5.02 Å². The van der Waals surface area contributed by atoms with E-state index in [1.54, 1.807) is 62.0 Å². The highest BCUT2D eigenvalue weighted by molar-refractivity contribution is 8.76. The number of halogens is 1. The largest absolute Gasteiger partial charge is 0.457 e. The molecule has 2 unspecified atom stereocenters. The number of aliphatic hydroxyl groups is 3. The van der Waals surface area contributed by atoms with E-state index in [2.05, 4.69) is 10.6 Å². The predicted octanol–water partition coefficient (Wildman–Crippen LogP) is 4.28. The number of benzene rings is 1. The summed E-state index contributed by atoms with van der Waals surface area (Å²) in [6.07, 6.45) is 2.60. The van der Waals surface area contributed by atoms with Crippen LogP contribution in [0, 0.1) is 11.8 Å². The fraction of sp³-hybridized carbons (Fsp3) is 0.634. The van der Waals surface area contributed by atoms with E-state index in [-0.39, 0.29) is 48.0 Å². The van der Waals surface area contributed by atoms with Gasteiger partial charge in [0.1, 0.15) is 23.9 Å².